The maximum atomic E-state index is 12.5. The van der Waals surface area contributed by atoms with E-state index < -0.39 is 11.5 Å². The molecule has 2 N–H and O–H groups in total. The minimum atomic E-state index is -0.982. The SMILES string of the molecule is CC(C)(NC(=O)N(CC(=O)O)C1CCCC1)c1nccs1. The summed E-state index contributed by atoms with van der Waals surface area (Å²) in [5.41, 5.74) is -0.611. The maximum absolute atomic E-state index is 12.5. The number of nitrogens with zero attached hydrogens (tertiary/aromatic N) is 2. The summed E-state index contributed by atoms with van der Waals surface area (Å²) in [5, 5.41) is 14.6. The molecule has 0 aliphatic heterocycles. The third kappa shape index (κ3) is 3.93. The number of carboxylic acid groups (broad SMARTS) is 1. The van der Waals surface area contributed by atoms with E-state index in [1.807, 2.05) is 19.2 Å². The van der Waals surface area contributed by atoms with E-state index in [9.17, 15) is 9.59 Å². The predicted molar refractivity (Wildman–Crippen MR) is 80.3 cm³/mol. The van der Waals surface area contributed by atoms with Crippen molar-refractivity contribution in [2.75, 3.05) is 6.54 Å². The molecule has 2 rings (SSSR count). The standard InChI is InChI=1S/C14H21N3O3S/c1-14(2,12-15-7-8-21-12)16-13(20)17(9-11(18)19)10-5-3-4-6-10/h7-8,10H,3-6,9H2,1-2H3,(H,16,20)(H,18,19). The van der Waals surface area contributed by atoms with Crippen LogP contribution in [0.2, 0.25) is 0 Å². The maximum Gasteiger partial charge on any atom is 0.323 e. The minimum Gasteiger partial charge on any atom is -0.480 e. The van der Waals surface area contributed by atoms with Gasteiger partial charge in [-0.3, -0.25) is 4.79 Å². The molecule has 0 bridgehead atoms. The van der Waals surface area contributed by atoms with Crippen LogP contribution < -0.4 is 5.32 Å². The lowest BCUT2D eigenvalue weighted by Crippen LogP contribution is -2.52. The highest BCUT2D eigenvalue weighted by molar-refractivity contribution is 7.09. The van der Waals surface area contributed by atoms with Crippen LogP contribution in [0.25, 0.3) is 0 Å². The molecular weight excluding hydrogens is 290 g/mol. The number of carbonyl (C=O) groups is 2. The normalized spacial score (nSPS) is 15.9. The summed E-state index contributed by atoms with van der Waals surface area (Å²) in [7, 11) is 0. The Morgan fingerprint density at radius 1 is 1.48 bits per heavy atom. The second kappa shape index (κ2) is 6.43. The van der Waals surface area contributed by atoms with Gasteiger partial charge in [0.25, 0.3) is 0 Å². The van der Waals surface area contributed by atoms with Gasteiger partial charge in [0.05, 0.1) is 5.54 Å². The van der Waals surface area contributed by atoms with E-state index in [-0.39, 0.29) is 18.6 Å². The molecule has 1 fully saturated rings. The molecule has 1 aliphatic carbocycles. The van der Waals surface area contributed by atoms with E-state index in [1.54, 1.807) is 6.20 Å². The van der Waals surface area contributed by atoms with Crippen LogP contribution in [0.3, 0.4) is 0 Å². The molecule has 1 aromatic heterocycles. The first-order chi connectivity index (χ1) is 9.90. The summed E-state index contributed by atoms with van der Waals surface area (Å²) in [6.07, 6.45) is 5.53. The van der Waals surface area contributed by atoms with E-state index in [0.717, 1.165) is 30.7 Å². The van der Waals surface area contributed by atoms with Gasteiger partial charge in [0.15, 0.2) is 0 Å². The van der Waals surface area contributed by atoms with Gasteiger partial charge in [0, 0.05) is 17.6 Å². The number of thiazole rings is 1. The first-order valence-electron chi connectivity index (χ1n) is 7.10. The minimum absolute atomic E-state index is 0.0215. The van der Waals surface area contributed by atoms with Crippen LogP contribution in [0.15, 0.2) is 11.6 Å². The topological polar surface area (TPSA) is 82.5 Å². The Labute approximate surface area is 128 Å². The molecule has 0 saturated heterocycles. The van der Waals surface area contributed by atoms with Crippen LogP contribution in [0.4, 0.5) is 4.79 Å². The van der Waals surface area contributed by atoms with Gasteiger partial charge in [-0.15, -0.1) is 11.3 Å². The van der Waals surface area contributed by atoms with Crippen molar-refractivity contribution in [2.45, 2.75) is 51.1 Å². The lowest BCUT2D eigenvalue weighted by Gasteiger charge is -2.32. The van der Waals surface area contributed by atoms with E-state index in [2.05, 4.69) is 10.3 Å². The fourth-order valence-corrected chi connectivity index (χ4v) is 3.37. The van der Waals surface area contributed by atoms with E-state index in [4.69, 9.17) is 5.11 Å². The molecule has 0 unspecified atom stereocenters. The molecule has 1 heterocycles. The van der Waals surface area contributed by atoms with Crippen molar-refractivity contribution in [1.82, 2.24) is 15.2 Å². The second-order valence-electron chi connectivity index (χ2n) is 5.85. The van der Waals surface area contributed by atoms with Crippen molar-refractivity contribution in [3.8, 4) is 0 Å². The van der Waals surface area contributed by atoms with Gasteiger partial charge >= 0.3 is 12.0 Å². The highest BCUT2D eigenvalue weighted by atomic mass is 32.1. The van der Waals surface area contributed by atoms with Gasteiger partial charge in [-0.1, -0.05) is 12.8 Å². The van der Waals surface area contributed by atoms with Gasteiger partial charge in [0.1, 0.15) is 11.6 Å². The third-order valence-electron chi connectivity index (χ3n) is 3.72. The number of amides is 2. The number of carbonyl (C=O) groups excluding carboxylic acids is 1. The van der Waals surface area contributed by atoms with Crippen molar-refractivity contribution in [3.05, 3.63) is 16.6 Å². The van der Waals surface area contributed by atoms with E-state index in [1.165, 1.54) is 16.2 Å². The van der Waals surface area contributed by atoms with Gasteiger partial charge in [-0.25, -0.2) is 9.78 Å². The molecule has 0 spiro atoms. The average molecular weight is 311 g/mol. The summed E-state index contributed by atoms with van der Waals surface area (Å²) < 4.78 is 0. The predicted octanol–water partition coefficient (Wildman–Crippen LogP) is 2.42. The summed E-state index contributed by atoms with van der Waals surface area (Å²) >= 11 is 1.47. The van der Waals surface area contributed by atoms with Crippen molar-refractivity contribution < 1.29 is 14.7 Å². The molecule has 1 saturated carbocycles. The largest absolute Gasteiger partial charge is 0.480 e. The van der Waals surface area contributed by atoms with Crippen LogP contribution in [0, 0.1) is 0 Å². The van der Waals surface area contributed by atoms with E-state index in [0.29, 0.717) is 0 Å². The molecule has 6 nitrogen and oxygen atoms in total. The number of urea groups is 1. The number of rotatable bonds is 5. The molecule has 1 aliphatic rings. The van der Waals surface area contributed by atoms with Gasteiger partial charge in [-0.05, 0) is 26.7 Å². The molecule has 0 aromatic carbocycles. The lowest BCUT2D eigenvalue weighted by molar-refractivity contribution is -0.138. The Morgan fingerprint density at radius 2 is 2.14 bits per heavy atom. The Kier molecular flexibility index (Phi) is 4.82. The third-order valence-corrected chi connectivity index (χ3v) is 4.82. The van der Waals surface area contributed by atoms with Crippen molar-refractivity contribution in [3.63, 3.8) is 0 Å². The Hall–Kier alpha value is -1.63. The zero-order valence-corrected chi connectivity index (χ0v) is 13.2. The molecule has 0 atom stereocenters. The number of hydrogen-bond acceptors (Lipinski definition) is 4. The van der Waals surface area contributed by atoms with Crippen LogP contribution >= 0.6 is 11.3 Å². The van der Waals surface area contributed by atoms with Crippen molar-refractivity contribution in [2.24, 2.45) is 0 Å². The lowest BCUT2D eigenvalue weighted by atomic mass is 10.1. The van der Waals surface area contributed by atoms with Gasteiger partial charge in [0.2, 0.25) is 0 Å². The Morgan fingerprint density at radius 3 is 2.67 bits per heavy atom. The van der Waals surface area contributed by atoms with Crippen LogP contribution in [-0.2, 0) is 10.3 Å². The second-order valence-corrected chi connectivity index (χ2v) is 6.75. The number of nitrogens with one attached hydrogen (secondary N) is 1. The van der Waals surface area contributed by atoms with E-state index >= 15 is 0 Å². The molecule has 0 radical (unpaired) electrons. The monoisotopic (exact) mass is 311 g/mol. The Balaban J connectivity index is 2.08. The molecule has 7 heteroatoms. The number of aliphatic carboxylic acids is 1. The van der Waals surface area contributed by atoms with Crippen LogP contribution in [0.1, 0.15) is 44.5 Å². The highest BCUT2D eigenvalue weighted by Gasteiger charge is 2.33. The number of hydrogen-bond donors (Lipinski definition) is 2. The number of aromatic nitrogens is 1. The highest BCUT2D eigenvalue weighted by Crippen LogP contribution is 2.26. The summed E-state index contributed by atoms with van der Waals surface area (Å²) in [5.74, 6) is -0.982. The summed E-state index contributed by atoms with van der Waals surface area (Å²) in [6, 6.07) is -0.308. The molecule has 1 aromatic rings. The van der Waals surface area contributed by atoms with Crippen molar-refractivity contribution in [1.29, 1.82) is 0 Å². The smallest absolute Gasteiger partial charge is 0.323 e. The molecular formula is C14H21N3O3S. The summed E-state index contributed by atoms with van der Waals surface area (Å²) in [6.45, 7) is 3.49. The number of carboxylic acids is 1. The fraction of sp³-hybridized carbons (Fsp3) is 0.643. The fourth-order valence-electron chi connectivity index (χ4n) is 2.65. The van der Waals surface area contributed by atoms with Gasteiger partial charge in [-0.2, -0.15) is 0 Å². The van der Waals surface area contributed by atoms with Crippen molar-refractivity contribution >= 4 is 23.3 Å². The van der Waals surface area contributed by atoms with Crippen LogP contribution in [0.5, 0.6) is 0 Å². The quantitative estimate of drug-likeness (QED) is 0.875. The summed E-state index contributed by atoms with van der Waals surface area (Å²) in [4.78, 5) is 29.2. The zero-order valence-electron chi connectivity index (χ0n) is 12.3. The average Bonchev–Trinajstić information content (AvgIpc) is 3.07. The first-order valence-corrected chi connectivity index (χ1v) is 7.98. The molecule has 116 valence electrons. The molecule has 21 heavy (non-hydrogen) atoms. The molecule has 2 amide bonds. The Bertz CT molecular complexity index is 496. The van der Waals surface area contributed by atoms with Crippen LogP contribution in [-0.4, -0.2) is 39.6 Å². The van der Waals surface area contributed by atoms with Gasteiger partial charge < -0.3 is 15.3 Å². The first kappa shape index (κ1) is 15.8. The zero-order chi connectivity index (χ0) is 15.5.